The lowest BCUT2D eigenvalue weighted by atomic mass is 9.69. The second kappa shape index (κ2) is 10.5. The molecule has 0 N–H and O–H groups in total. The van der Waals surface area contributed by atoms with Crippen LogP contribution in [0.25, 0.3) is 11.8 Å². The quantitative estimate of drug-likeness (QED) is 0.444. The number of nitrogens with zero attached hydrogens (tertiary/aromatic N) is 5. The average Bonchev–Trinajstić information content (AvgIpc) is 3.37. The Kier molecular flexibility index (Phi) is 7.00. The molecule has 3 aliphatic rings. The van der Waals surface area contributed by atoms with Crippen LogP contribution in [0, 0.1) is 11.2 Å². The Labute approximate surface area is 227 Å². The topological polar surface area (TPSA) is 89.8 Å². The maximum atomic E-state index is 13.8. The molecule has 11 heteroatoms. The van der Waals surface area contributed by atoms with E-state index in [1.54, 1.807) is 28.6 Å². The molecule has 0 amide bonds. The van der Waals surface area contributed by atoms with E-state index in [0.717, 1.165) is 41.4 Å². The number of piperidine rings is 1. The molecule has 2 fully saturated rings. The molecule has 6 rings (SSSR count). The van der Waals surface area contributed by atoms with Crippen molar-refractivity contribution in [3.05, 3.63) is 71.4 Å². The lowest BCUT2D eigenvalue weighted by molar-refractivity contribution is 0.0477. The van der Waals surface area contributed by atoms with Gasteiger partial charge in [-0.25, -0.2) is 22.5 Å². The Balaban J connectivity index is 1.28. The average molecular weight is 554 g/mol. The van der Waals surface area contributed by atoms with Gasteiger partial charge in [-0.2, -0.15) is 9.40 Å². The number of hydrogen-bond acceptors (Lipinski definition) is 7. The minimum absolute atomic E-state index is 0.194. The highest BCUT2D eigenvalue weighted by molar-refractivity contribution is 7.89. The van der Waals surface area contributed by atoms with Crippen LogP contribution in [0.5, 0.6) is 0 Å². The zero-order valence-corrected chi connectivity index (χ0v) is 22.7. The van der Waals surface area contributed by atoms with Gasteiger partial charge in [0, 0.05) is 44.4 Å². The molecule has 0 bridgehead atoms. The number of rotatable bonds is 7. The van der Waals surface area contributed by atoms with Gasteiger partial charge >= 0.3 is 0 Å². The Morgan fingerprint density at radius 1 is 1.08 bits per heavy atom. The summed E-state index contributed by atoms with van der Waals surface area (Å²) in [5.41, 5.74) is 3.40. The predicted octanol–water partition coefficient (Wildman–Crippen LogP) is 3.30. The van der Waals surface area contributed by atoms with Crippen LogP contribution in [0.1, 0.15) is 24.6 Å². The van der Waals surface area contributed by atoms with Crippen LogP contribution >= 0.6 is 0 Å². The van der Waals surface area contributed by atoms with Gasteiger partial charge in [-0.15, -0.1) is 0 Å². The summed E-state index contributed by atoms with van der Waals surface area (Å²) in [6.07, 6.45) is 6.60. The molecule has 0 spiro atoms. The van der Waals surface area contributed by atoms with Gasteiger partial charge in [0.25, 0.3) is 0 Å². The number of anilines is 1. The first kappa shape index (κ1) is 26.1. The number of benzene rings is 1. The third-order valence-electron chi connectivity index (χ3n) is 7.86. The van der Waals surface area contributed by atoms with E-state index < -0.39 is 15.4 Å². The van der Waals surface area contributed by atoms with Gasteiger partial charge in [-0.1, -0.05) is 5.57 Å². The molecular formula is C28H32FN5O4S. The van der Waals surface area contributed by atoms with E-state index in [4.69, 9.17) is 9.47 Å². The van der Waals surface area contributed by atoms with Crippen molar-refractivity contribution in [1.29, 1.82) is 0 Å². The molecule has 3 aromatic rings. The van der Waals surface area contributed by atoms with Crippen molar-refractivity contribution in [2.75, 3.05) is 57.5 Å². The van der Waals surface area contributed by atoms with Gasteiger partial charge in [0.05, 0.1) is 37.4 Å². The summed E-state index contributed by atoms with van der Waals surface area (Å²) in [5, 5.41) is 4.59. The highest BCUT2D eigenvalue weighted by atomic mass is 32.2. The first-order valence-corrected chi connectivity index (χ1v) is 14.7. The summed E-state index contributed by atoms with van der Waals surface area (Å²) in [4.78, 5) is 6.76. The number of morpholine rings is 1. The first-order chi connectivity index (χ1) is 18.9. The Hall–Kier alpha value is -3.12. The van der Waals surface area contributed by atoms with Gasteiger partial charge in [-0.3, -0.25) is 0 Å². The van der Waals surface area contributed by atoms with Gasteiger partial charge in [0.15, 0.2) is 0 Å². The third kappa shape index (κ3) is 4.88. The molecule has 0 saturated carbocycles. The van der Waals surface area contributed by atoms with Gasteiger partial charge < -0.3 is 14.4 Å². The Morgan fingerprint density at radius 3 is 2.59 bits per heavy atom. The van der Waals surface area contributed by atoms with Crippen LogP contribution in [0.2, 0.25) is 0 Å². The van der Waals surface area contributed by atoms with E-state index in [2.05, 4.69) is 21.1 Å². The SMILES string of the molecule is CCOC[C@]12Cc3cnn(-c4ccc(F)cc4)c3C=C1CCN(S(=O)(=O)c1ccc(N3CCOCC3)nc1)C2. The second-order valence-electron chi connectivity index (χ2n) is 10.2. The van der Waals surface area contributed by atoms with E-state index in [9.17, 15) is 12.8 Å². The van der Waals surface area contributed by atoms with Gasteiger partial charge in [-0.05, 0) is 67.8 Å². The normalized spacial score (nSPS) is 21.8. The molecule has 9 nitrogen and oxygen atoms in total. The summed E-state index contributed by atoms with van der Waals surface area (Å²) in [6, 6.07) is 9.68. The van der Waals surface area contributed by atoms with Crippen LogP contribution in [-0.4, -0.2) is 80.1 Å². The molecule has 39 heavy (non-hydrogen) atoms. The zero-order valence-electron chi connectivity index (χ0n) is 21.9. The summed E-state index contributed by atoms with van der Waals surface area (Å²) in [7, 11) is -3.75. The number of hydrogen-bond donors (Lipinski definition) is 0. The zero-order chi connectivity index (χ0) is 27.0. The molecule has 1 atom stereocenters. The predicted molar refractivity (Wildman–Crippen MR) is 145 cm³/mol. The maximum absolute atomic E-state index is 13.8. The van der Waals surface area contributed by atoms with Crippen molar-refractivity contribution < 1.29 is 22.3 Å². The van der Waals surface area contributed by atoms with Crippen LogP contribution in [-0.2, 0) is 25.9 Å². The van der Waals surface area contributed by atoms with Crippen molar-refractivity contribution in [3.8, 4) is 5.69 Å². The van der Waals surface area contributed by atoms with E-state index in [-0.39, 0.29) is 10.7 Å². The van der Waals surface area contributed by atoms with E-state index in [0.29, 0.717) is 52.4 Å². The maximum Gasteiger partial charge on any atom is 0.244 e. The fourth-order valence-corrected chi connectivity index (χ4v) is 7.24. The van der Waals surface area contributed by atoms with Crippen molar-refractivity contribution in [1.82, 2.24) is 19.1 Å². The van der Waals surface area contributed by atoms with Crippen molar-refractivity contribution >= 4 is 21.9 Å². The molecular weight excluding hydrogens is 521 g/mol. The number of fused-ring (bicyclic) bond motifs is 2. The summed E-state index contributed by atoms with van der Waals surface area (Å²) in [5.74, 6) is 0.459. The molecule has 1 aromatic carbocycles. The van der Waals surface area contributed by atoms with E-state index in [1.165, 1.54) is 18.3 Å². The fraction of sp³-hybridized carbons (Fsp3) is 0.429. The minimum Gasteiger partial charge on any atom is -0.381 e. The van der Waals surface area contributed by atoms with Crippen molar-refractivity contribution in [3.63, 3.8) is 0 Å². The smallest absolute Gasteiger partial charge is 0.244 e. The molecule has 2 aromatic heterocycles. The van der Waals surface area contributed by atoms with E-state index >= 15 is 0 Å². The van der Waals surface area contributed by atoms with Crippen LogP contribution in [0.4, 0.5) is 10.2 Å². The number of halogens is 1. The molecule has 4 heterocycles. The highest BCUT2D eigenvalue weighted by Gasteiger charge is 2.46. The molecule has 2 saturated heterocycles. The molecule has 1 aliphatic carbocycles. The Bertz CT molecular complexity index is 1470. The summed E-state index contributed by atoms with van der Waals surface area (Å²) >= 11 is 0. The molecule has 2 aliphatic heterocycles. The summed E-state index contributed by atoms with van der Waals surface area (Å²) < 4.78 is 55.8. The first-order valence-electron chi connectivity index (χ1n) is 13.3. The highest BCUT2D eigenvalue weighted by Crippen LogP contribution is 2.45. The standard InChI is InChI=1S/C28H32FN5O4S/c1-2-37-20-28-16-21-17-31-34(24-5-3-23(29)4-6-24)26(21)15-22(28)9-10-33(19-28)39(35,36)25-7-8-27(30-18-25)32-11-13-38-14-12-32/h3-8,15,17-18H,2,9-14,16,19-20H2,1H3/t28-/m1/s1. The number of sulfonamides is 1. The van der Waals surface area contributed by atoms with Crippen LogP contribution in [0.3, 0.4) is 0 Å². The molecule has 0 unspecified atom stereocenters. The minimum atomic E-state index is -3.75. The van der Waals surface area contributed by atoms with Crippen molar-refractivity contribution in [2.24, 2.45) is 5.41 Å². The van der Waals surface area contributed by atoms with Crippen molar-refractivity contribution in [2.45, 2.75) is 24.7 Å². The van der Waals surface area contributed by atoms with E-state index in [1.807, 2.05) is 17.8 Å². The number of pyridine rings is 1. The summed E-state index contributed by atoms with van der Waals surface area (Å²) in [6.45, 7) is 6.32. The van der Waals surface area contributed by atoms with Crippen LogP contribution < -0.4 is 4.90 Å². The monoisotopic (exact) mass is 553 g/mol. The number of aromatic nitrogens is 3. The lowest BCUT2D eigenvalue weighted by Gasteiger charge is -2.45. The van der Waals surface area contributed by atoms with Gasteiger partial charge in [0.1, 0.15) is 16.5 Å². The van der Waals surface area contributed by atoms with Gasteiger partial charge in [0.2, 0.25) is 10.0 Å². The third-order valence-corrected chi connectivity index (χ3v) is 9.69. The largest absolute Gasteiger partial charge is 0.381 e. The fourth-order valence-electron chi connectivity index (χ4n) is 5.77. The molecule has 206 valence electrons. The van der Waals surface area contributed by atoms with Crippen LogP contribution in [0.15, 0.2) is 59.3 Å². The second-order valence-corrected chi connectivity index (χ2v) is 12.2. The number of ether oxygens (including phenoxy) is 2. The Morgan fingerprint density at radius 2 is 1.87 bits per heavy atom. The lowest BCUT2D eigenvalue weighted by Crippen LogP contribution is -2.51. The molecule has 0 radical (unpaired) electrons.